The predicted octanol–water partition coefficient (Wildman–Crippen LogP) is 4.47. The molecule has 4 rings (SSSR count). The zero-order chi connectivity index (χ0) is 17.2. The van der Waals surface area contributed by atoms with E-state index in [1.54, 1.807) is 7.11 Å². The summed E-state index contributed by atoms with van der Waals surface area (Å²) >= 11 is 2.40. The zero-order valence-electron chi connectivity index (χ0n) is 14.1. The van der Waals surface area contributed by atoms with Gasteiger partial charge in [-0.3, -0.25) is 4.90 Å². The SMILES string of the molecule is COc1ccc(I)c(CN2CC=C(c3c[nH]c4ncccc34)CC2)c1. The van der Waals surface area contributed by atoms with Gasteiger partial charge in [0.1, 0.15) is 11.4 Å². The Morgan fingerprint density at radius 1 is 1.32 bits per heavy atom. The lowest BCUT2D eigenvalue weighted by atomic mass is 9.99. The Bertz CT molecular complexity index is 932. The minimum absolute atomic E-state index is 0.926. The first-order valence-corrected chi connectivity index (χ1v) is 9.49. The molecule has 128 valence electrons. The molecule has 3 heterocycles. The van der Waals surface area contributed by atoms with Gasteiger partial charge in [0.15, 0.2) is 0 Å². The van der Waals surface area contributed by atoms with Gasteiger partial charge >= 0.3 is 0 Å². The summed E-state index contributed by atoms with van der Waals surface area (Å²) < 4.78 is 6.65. The second-order valence-corrected chi connectivity index (χ2v) is 7.44. The van der Waals surface area contributed by atoms with Crippen molar-refractivity contribution in [2.45, 2.75) is 13.0 Å². The van der Waals surface area contributed by atoms with E-state index in [-0.39, 0.29) is 0 Å². The number of H-pyrrole nitrogens is 1. The van der Waals surface area contributed by atoms with E-state index < -0.39 is 0 Å². The number of ether oxygens (including phenoxy) is 1. The smallest absolute Gasteiger partial charge is 0.137 e. The van der Waals surface area contributed by atoms with Gasteiger partial charge in [0.25, 0.3) is 0 Å². The number of halogens is 1. The number of hydrogen-bond donors (Lipinski definition) is 1. The van der Waals surface area contributed by atoms with Gasteiger partial charge in [-0.15, -0.1) is 0 Å². The van der Waals surface area contributed by atoms with Crippen LogP contribution in [0.25, 0.3) is 16.6 Å². The maximum atomic E-state index is 5.36. The van der Waals surface area contributed by atoms with Crippen LogP contribution < -0.4 is 4.74 Å². The lowest BCUT2D eigenvalue weighted by Gasteiger charge is -2.27. The lowest BCUT2D eigenvalue weighted by molar-refractivity contribution is 0.292. The fourth-order valence-electron chi connectivity index (χ4n) is 3.36. The molecule has 1 aromatic carbocycles. The average Bonchev–Trinajstić information content (AvgIpc) is 3.08. The first-order chi connectivity index (χ1) is 12.2. The van der Waals surface area contributed by atoms with Gasteiger partial charge < -0.3 is 9.72 Å². The van der Waals surface area contributed by atoms with E-state index in [9.17, 15) is 0 Å². The normalized spacial score (nSPS) is 15.4. The first-order valence-electron chi connectivity index (χ1n) is 8.41. The van der Waals surface area contributed by atoms with Crippen molar-refractivity contribution in [1.29, 1.82) is 0 Å². The summed E-state index contributed by atoms with van der Waals surface area (Å²) in [5.74, 6) is 0.926. The highest BCUT2D eigenvalue weighted by Crippen LogP contribution is 2.29. The fourth-order valence-corrected chi connectivity index (χ4v) is 3.87. The van der Waals surface area contributed by atoms with Crippen LogP contribution in [0.15, 0.2) is 48.8 Å². The number of pyridine rings is 1. The molecule has 25 heavy (non-hydrogen) atoms. The number of rotatable bonds is 4. The van der Waals surface area contributed by atoms with E-state index in [0.29, 0.717) is 0 Å². The Hall–Kier alpha value is -1.86. The highest BCUT2D eigenvalue weighted by molar-refractivity contribution is 14.1. The molecule has 1 aliphatic heterocycles. The van der Waals surface area contributed by atoms with Gasteiger partial charge in [-0.1, -0.05) is 6.08 Å². The maximum absolute atomic E-state index is 5.36. The van der Waals surface area contributed by atoms with Crippen molar-refractivity contribution < 1.29 is 4.74 Å². The van der Waals surface area contributed by atoms with Crippen LogP contribution in [0, 0.1) is 3.57 Å². The van der Waals surface area contributed by atoms with Crippen LogP contribution in [0.5, 0.6) is 5.75 Å². The van der Waals surface area contributed by atoms with Gasteiger partial charge in [-0.25, -0.2) is 4.98 Å². The van der Waals surface area contributed by atoms with Crippen LogP contribution in [-0.4, -0.2) is 35.1 Å². The third-order valence-corrected chi connectivity index (χ3v) is 5.79. The molecule has 3 aromatic rings. The molecule has 0 aliphatic carbocycles. The number of hydrogen-bond acceptors (Lipinski definition) is 3. The van der Waals surface area contributed by atoms with Crippen LogP contribution in [0.4, 0.5) is 0 Å². The van der Waals surface area contributed by atoms with Gasteiger partial charge in [0.05, 0.1) is 7.11 Å². The van der Waals surface area contributed by atoms with Crippen molar-refractivity contribution in [2.24, 2.45) is 0 Å². The molecular formula is C20H20IN3O. The largest absolute Gasteiger partial charge is 0.497 e. The second kappa shape index (κ2) is 7.17. The summed E-state index contributed by atoms with van der Waals surface area (Å²) in [5, 5.41) is 1.21. The number of nitrogens with zero attached hydrogens (tertiary/aromatic N) is 2. The van der Waals surface area contributed by atoms with Crippen molar-refractivity contribution >= 4 is 39.2 Å². The molecule has 0 saturated heterocycles. The Kier molecular flexibility index (Phi) is 4.76. The van der Waals surface area contributed by atoms with E-state index in [1.165, 1.54) is 25.7 Å². The molecule has 0 amide bonds. The highest BCUT2D eigenvalue weighted by Gasteiger charge is 2.17. The minimum Gasteiger partial charge on any atom is -0.497 e. The van der Waals surface area contributed by atoms with Crippen molar-refractivity contribution in [1.82, 2.24) is 14.9 Å². The van der Waals surface area contributed by atoms with Crippen molar-refractivity contribution in [3.63, 3.8) is 0 Å². The molecule has 1 aliphatic rings. The van der Waals surface area contributed by atoms with E-state index in [2.05, 4.69) is 67.9 Å². The lowest BCUT2D eigenvalue weighted by Crippen LogP contribution is -2.28. The monoisotopic (exact) mass is 445 g/mol. The summed E-state index contributed by atoms with van der Waals surface area (Å²) in [6, 6.07) is 10.4. The predicted molar refractivity (Wildman–Crippen MR) is 110 cm³/mol. The van der Waals surface area contributed by atoms with E-state index in [4.69, 9.17) is 4.74 Å². The highest BCUT2D eigenvalue weighted by atomic mass is 127. The molecule has 4 nitrogen and oxygen atoms in total. The molecule has 1 N–H and O–H groups in total. The number of fused-ring (bicyclic) bond motifs is 1. The Morgan fingerprint density at radius 3 is 3.04 bits per heavy atom. The van der Waals surface area contributed by atoms with Gasteiger partial charge in [-0.05, 0) is 70.5 Å². The van der Waals surface area contributed by atoms with Crippen LogP contribution in [0.1, 0.15) is 17.5 Å². The standard InChI is InChI=1S/C20H20IN3O/c1-25-16-4-5-19(21)15(11-16)13-24-9-6-14(7-10-24)18-12-23-20-17(18)3-2-8-22-20/h2-6,8,11-12H,7,9-10,13H2,1H3,(H,22,23). The summed E-state index contributed by atoms with van der Waals surface area (Å²) in [4.78, 5) is 10.1. The number of methoxy groups -OCH3 is 1. The Labute approximate surface area is 161 Å². The fraction of sp³-hybridized carbons (Fsp3) is 0.250. The van der Waals surface area contributed by atoms with Crippen molar-refractivity contribution in [3.8, 4) is 5.75 Å². The summed E-state index contributed by atoms with van der Waals surface area (Å²) in [6.45, 7) is 2.98. The summed E-state index contributed by atoms with van der Waals surface area (Å²) in [5.41, 5.74) is 4.99. The van der Waals surface area contributed by atoms with E-state index >= 15 is 0 Å². The third kappa shape index (κ3) is 3.43. The maximum Gasteiger partial charge on any atom is 0.137 e. The van der Waals surface area contributed by atoms with Gasteiger partial charge in [0.2, 0.25) is 0 Å². The summed E-state index contributed by atoms with van der Waals surface area (Å²) in [6.07, 6.45) is 7.33. The Morgan fingerprint density at radius 2 is 2.24 bits per heavy atom. The van der Waals surface area contributed by atoms with Crippen LogP contribution in [0.2, 0.25) is 0 Å². The number of nitrogens with one attached hydrogen (secondary N) is 1. The minimum atomic E-state index is 0.926. The quantitative estimate of drug-likeness (QED) is 0.603. The van der Waals surface area contributed by atoms with Crippen molar-refractivity contribution in [2.75, 3.05) is 20.2 Å². The summed E-state index contributed by atoms with van der Waals surface area (Å²) in [7, 11) is 1.72. The zero-order valence-corrected chi connectivity index (χ0v) is 16.3. The van der Waals surface area contributed by atoms with E-state index in [1.807, 2.05) is 18.3 Å². The van der Waals surface area contributed by atoms with Gasteiger partial charge in [0, 0.05) is 46.5 Å². The topological polar surface area (TPSA) is 41.1 Å². The van der Waals surface area contributed by atoms with Crippen molar-refractivity contribution in [3.05, 3.63) is 63.5 Å². The molecular weight excluding hydrogens is 425 g/mol. The molecule has 0 saturated carbocycles. The molecule has 0 unspecified atom stereocenters. The number of aromatic amines is 1. The molecule has 0 radical (unpaired) electrons. The number of aromatic nitrogens is 2. The van der Waals surface area contributed by atoms with Crippen LogP contribution in [0.3, 0.4) is 0 Å². The molecule has 5 heteroatoms. The molecule has 0 spiro atoms. The first kappa shape index (κ1) is 16.6. The molecule has 0 bridgehead atoms. The van der Waals surface area contributed by atoms with Crippen LogP contribution >= 0.6 is 22.6 Å². The van der Waals surface area contributed by atoms with Crippen LogP contribution in [-0.2, 0) is 6.54 Å². The average molecular weight is 445 g/mol. The van der Waals surface area contributed by atoms with E-state index in [0.717, 1.165) is 37.5 Å². The third-order valence-electron chi connectivity index (χ3n) is 4.74. The van der Waals surface area contributed by atoms with Gasteiger partial charge in [-0.2, -0.15) is 0 Å². The second-order valence-electron chi connectivity index (χ2n) is 6.27. The number of benzene rings is 1. The Balaban J connectivity index is 1.51. The molecule has 0 fully saturated rings. The molecule has 0 atom stereocenters. The molecule has 2 aromatic heterocycles.